The molecule has 1 unspecified atom stereocenters. The third-order valence-corrected chi connectivity index (χ3v) is 6.76. The van der Waals surface area contributed by atoms with Crippen LogP contribution in [0.1, 0.15) is 17.2 Å². The van der Waals surface area contributed by atoms with Crippen LogP contribution in [0.25, 0.3) is 0 Å². The molecule has 1 aliphatic heterocycles. The fraction of sp³-hybridized carbons (Fsp3) is 0.400. The zero-order valence-corrected chi connectivity index (χ0v) is 18.2. The van der Waals surface area contributed by atoms with Crippen LogP contribution in [0.15, 0.2) is 47.4 Å². The monoisotopic (exact) mass is 478 g/mol. The van der Waals surface area contributed by atoms with E-state index < -0.39 is 31.7 Å². The zero-order valence-electron chi connectivity index (χ0n) is 16.7. The van der Waals surface area contributed by atoms with Crippen LogP contribution >= 0.6 is 11.6 Å². The third-order valence-electron chi connectivity index (χ3n) is 5.01. The Morgan fingerprint density at radius 1 is 1.16 bits per heavy atom. The first-order valence-electron chi connectivity index (χ1n) is 9.44. The fourth-order valence-electron chi connectivity index (χ4n) is 3.33. The van der Waals surface area contributed by atoms with E-state index >= 15 is 0 Å². The van der Waals surface area contributed by atoms with Gasteiger partial charge in [-0.1, -0.05) is 23.7 Å². The molecule has 2 aromatic rings. The number of halogens is 4. The molecule has 1 heterocycles. The van der Waals surface area contributed by atoms with Gasteiger partial charge in [-0.3, -0.25) is 4.90 Å². The van der Waals surface area contributed by atoms with Gasteiger partial charge in [0.25, 0.3) is 0 Å². The van der Waals surface area contributed by atoms with Gasteiger partial charge >= 0.3 is 6.18 Å². The number of morpholine rings is 1. The SMILES string of the molecule is COc1ccc(C(CNS(=O)(=O)c2ccc(Cl)c(C(F)(F)F)c2)N2CCOCC2)cc1. The lowest BCUT2D eigenvalue weighted by molar-refractivity contribution is -0.137. The van der Waals surface area contributed by atoms with Gasteiger partial charge in [-0.15, -0.1) is 0 Å². The number of ether oxygens (including phenoxy) is 2. The number of methoxy groups -OCH3 is 1. The maximum absolute atomic E-state index is 13.1. The van der Waals surface area contributed by atoms with Crippen molar-refractivity contribution in [2.45, 2.75) is 17.1 Å². The number of rotatable bonds is 7. The van der Waals surface area contributed by atoms with Gasteiger partial charge < -0.3 is 9.47 Å². The van der Waals surface area contributed by atoms with Crippen LogP contribution in [0.2, 0.25) is 5.02 Å². The summed E-state index contributed by atoms with van der Waals surface area (Å²) in [5.74, 6) is 0.658. The van der Waals surface area contributed by atoms with Gasteiger partial charge in [-0.2, -0.15) is 13.2 Å². The van der Waals surface area contributed by atoms with Crippen molar-refractivity contribution in [3.8, 4) is 5.75 Å². The second-order valence-corrected chi connectivity index (χ2v) is 9.10. The number of nitrogens with one attached hydrogen (secondary N) is 1. The molecule has 1 fully saturated rings. The molecular formula is C20H22ClF3N2O4S. The van der Waals surface area contributed by atoms with Gasteiger partial charge in [0, 0.05) is 25.7 Å². The molecule has 0 aliphatic carbocycles. The maximum atomic E-state index is 13.1. The molecule has 1 aliphatic rings. The molecular weight excluding hydrogens is 457 g/mol. The van der Waals surface area contributed by atoms with Crippen LogP contribution in [-0.2, 0) is 20.9 Å². The largest absolute Gasteiger partial charge is 0.497 e. The fourth-order valence-corrected chi connectivity index (χ4v) is 4.62. The molecule has 2 aromatic carbocycles. The highest BCUT2D eigenvalue weighted by Crippen LogP contribution is 2.36. The summed E-state index contributed by atoms with van der Waals surface area (Å²) in [6, 6.07) is 9.40. The predicted molar refractivity (Wildman–Crippen MR) is 110 cm³/mol. The van der Waals surface area contributed by atoms with Crippen LogP contribution in [0, 0.1) is 0 Å². The van der Waals surface area contributed by atoms with Crippen molar-refractivity contribution in [3.05, 3.63) is 58.6 Å². The Bertz CT molecular complexity index is 994. The van der Waals surface area contributed by atoms with E-state index in [2.05, 4.69) is 9.62 Å². The molecule has 1 atom stereocenters. The van der Waals surface area contributed by atoms with Crippen LogP contribution in [0.3, 0.4) is 0 Å². The van der Waals surface area contributed by atoms with E-state index in [1.165, 1.54) is 0 Å². The number of hydrogen-bond acceptors (Lipinski definition) is 5. The summed E-state index contributed by atoms with van der Waals surface area (Å²) < 4.78 is 77.9. The molecule has 170 valence electrons. The first-order chi connectivity index (χ1) is 14.6. The van der Waals surface area contributed by atoms with Gasteiger partial charge in [-0.25, -0.2) is 13.1 Å². The molecule has 11 heteroatoms. The predicted octanol–water partition coefficient (Wildman–Crippen LogP) is 3.72. The lowest BCUT2D eigenvalue weighted by Gasteiger charge is -2.35. The summed E-state index contributed by atoms with van der Waals surface area (Å²) in [6.07, 6.45) is -4.76. The molecule has 0 spiro atoms. The van der Waals surface area contributed by atoms with Gasteiger partial charge in [-0.05, 0) is 35.9 Å². The molecule has 31 heavy (non-hydrogen) atoms. The topological polar surface area (TPSA) is 67.9 Å². The summed E-state index contributed by atoms with van der Waals surface area (Å²) >= 11 is 5.60. The summed E-state index contributed by atoms with van der Waals surface area (Å²) in [6.45, 7) is 2.17. The van der Waals surface area contributed by atoms with Gasteiger partial charge in [0.1, 0.15) is 5.75 Å². The molecule has 6 nitrogen and oxygen atoms in total. The van der Waals surface area contributed by atoms with Crippen molar-refractivity contribution in [1.82, 2.24) is 9.62 Å². The van der Waals surface area contributed by atoms with E-state index in [1.807, 2.05) is 12.1 Å². The molecule has 0 radical (unpaired) electrons. The Labute approximate surface area is 183 Å². The van der Waals surface area contributed by atoms with Gasteiger partial charge in [0.15, 0.2) is 0 Å². The lowest BCUT2D eigenvalue weighted by Crippen LogP contribution is -2.43. The summed E-state index contributed by atoms with van der Waals surface area (Å²) in [4.78, 5) is 1.57. The van der Waals surface area contributed by atoms with Crippen molar-refractivity contribution < 1.29 is 31.1 Å². The highest BCUT2D eigenvalue weighted by Gasteiger charge is 2.35. The first kappa shape index (κ1) is 23.8. The highest BCUT2D eigenvalue weighted by molar-refractivity contribution is 7.89. The minimum atomic E-state index is -4.76. The van der Waals surface area contributed by atoms with E-state index in [4.69, 9.17) is 21.1 Å². The summed E-state index contributed by atoms with van der Waals surface area (Å²) in [7, 11) is -2.66. The van der Waals surface area contributed by atoms with Crippen LogP contribution in [0.5, 0.6) is 5.75 Å². The number of nitrogens with zero attached hydrogens (tertiary/aromatic N) is 1. The van der Waals surface area contributed by atoms with Crippen LogP contribution < -0.4 is 9.46 Å². The molecule has 0 saturated carbocycles. The Morgan fingerprint density at radius 2 is 1.81 bits per heavy atom. The molecule has 0 aromatic heterocycles. The van der Waals surface area contributed by atoms with Crippen molar-refractivity contribution in [3.63, 3.8) is 0 Å². The zero-order chi connectivity index (χ0) is 22.6. The average molecular weight is 479 g/mol. The van der Waals surface area contributed by atoms with E-state index in [-0.39, 0.29) is 12.6 Å². The minimum Gasteiger partial charge on any atom is -0.497 e. The molecule has 3 rings (SSSR count). The second-order valence-electron chi connectivity index (χ2n) is 6.93. The first-order valence-corrected chi connectivity index (χ1v) is 11.3. The summed E-state index contributed by atoms with van der Waals surface area (Å²) in [5, 5.41) is -0.559. The Kier molecular flexibility index (Phi) is 7.48. The lowest BCUT2D eigenvalue weighted by atomic mass is 10.0. The van der Waals surface area contributed by atoms with Crippen LogP contribution in [0.4, 0.5) is 13.2 Å². The van der Waals surface area contributed by atoms with Crippen molar-refractivity contribution in [2.75, 3.05) is 40.0 Å². The Morgan fingerprint density at radius 3 is 2.39 bits per heavy atom. The normalized spacial score (nSPS) is 16.8. The Balaban J connectivity index is 1.84. The van der Waals surface area contributed by atoms with E-state index in [0.717, 1.165) is 17.7 Å². The number of hydrogen-bond donors (Lipinski definition) is 1. The van der Waals surface area contributed by atoms with Crippen molar-refractivity contribution >= 4 is 21.6 Å². The Hall–Kier alpha value is -1.85. The second kappa shape index (κ2) is 9.74. The van der Waals surface area contributed by atoms with Crippen molar-refractivity contribution in [2.24, 2.45) is 0 Å². The van der Waals surface area contributed by atoms with Gasteiger partial charge in [0.05, 0.1) is 35.8 Å². The maximum Gasteiger partial charge on any atom is 0.417 e. The molecule has 1 N–H and O–H groups in total. The molecule has 0 amide bonds. The van der Waals surface area contributed by atoms with Gasteiger partial charge in [0.2, 0.25) is 10.0 Å². The van der Waals surface area contributed by atoms with Crippen LogP contribution in [-0.4, -0.2) is 53.3 Å². The summed E-state index contributed by atoms with van der Waals surface area (Å²) in [5.41, 5.74) is -0.352. The molecule has 1 saturated heterocycles. The van der Waals surface area contributed by atoms with E-state index in [1.54, 1.807) is 19.2 Å². The van der Waals surface area contributed by atoms with Crippen molar-refractivity contribution in [1.29, 1.82) is 0 Å². The quantitative estimate of drug-likeness (QED) is 0.657. The number of sulfonamides is 1. The standard InChI is InChI=1S/C20H22ClF3N2O4S/c1-29-15-4-2-14(3-5-15)19(26-8-10-30-11-9-26)13-25-31(27,28)16-6-7-18(21)17(12-16)20(22,23)24/h2-7,12,19,25H,8-11,13H2,1H3. The molecule has 0 bridgehead atoms. The highest BCUT2D eigenvalue weighted by atomic mass is 35.5. The van der Waals surface area contributed by atoms with E-state index in [9.17, 15) is 21.6 Å². The van der Waals surface area contributed by atoms with E-state index in [0.29, 0.717) is 38.1 Å². The smallest absolute Gasteiger partial charge is 0.417 e. The number of alkyl halides is 3. The minimum absolute atomic E-state index is 0.0291. The third kappa shape index (κ3) is 5.89. The average Bonchev–Trinajstić information content (AvgIpc) is 2.74. The number of benzene rings is 2.